The van der Waals surface area contributed by atoms with E-state index in [1.165, 1.54) is 18.8 Å². The predicted molar refractivity (Wildman–Crippen MR) is 105 cm³/mol. The third kappa shape index (κ3) is 4.56. The number of carbonyl (C=O) groups is 1. The normalized spacial score (nSPS) is 13.0. The maximum absolute atomic E-state index is 12.5. The van der Waals surface area contributed by atoms with Crippen LogP contribution in [0.3, 0.4) is 0 Å². The van der Waals surface area contributed by atoms with Gasteiger partial charge in [-0.1, -0.05) is 36.8 Å². The second-order valence-corrected chi connectivity index (χ2v) is 8.97. The molecule has 1 aromatic heterocycles. The summed E-state index contributed by atoms with van der Waals surface area (Å²) in [4.78, 5) is 12.7. The van der Waals surface area contributed by atoms with Crippen molar-refractivity contribution in [2.45, 2.75) is 51.6 Å². The van der Waals surface area contributed by atoms with Crippen molar-refractivity contribution >= 4 is 15.9 Å². The molecule has 1 unspecified atom stereocenters. The zero-order valence-electron chi connectivity index (χ0n) is 16.8. The lowest BCUT2D eigenvalue weighted by molar-refractivity contribution is -0.122. The summed E-state index contributed by atoms with van der Waals surface area (Å²) >= 11 is 0. The summed E-state index contributed by atoms with van der Waals surface area (Å²) in [7, 11) is -0.654. The number of sulfonamides is 1. The lowest BCUT2D eigenvalue weighted by atomic mass is 10.0. The summed E-state index contributed by atoms with van der Waals surface area (Å²) in [5.41, 5.74) is 3.05. The fourth-order valence-corrected chi connectivity index (χ4v) is 4.24. The number of amides is 1. The van der Waals surface area contributed by atoms with E-state index in [0.717, 1.165) is 21.9 Å². The van der Waals surface area contributed by atoms with Crippen molar-refractivity contribution in [3.05, 3.63) is 46.8 Å². The Labute approximate surface area is 161 Å². The van der Waals surface area contributed by atoms with Crippen LogP contribution in [0.5, 0.6) is 0 Å². The van der Waals surface area contributed by atoms with Crippen LogP contribution in [-0.2, 0) is 21.4 Å². The van der Waals surface area contributed by atoms with E-state index in [1.807, 2.05) is 38.1 Å². The van der Waals surface area contributed by atoms with Crippen molar-refractivity contribution in [3.8, 4) is 0 Å². The van der Waals surface area contributed by atoms with Gasteiger partial charge in [-0.15, -0.1) is 0 Å². The minimum Gasteiger partial charge on any atom is -0.348 e. The minimum atomic E-state index is -3.61. The predicted octanol–water partition coefficient (Wildman–Crippen LogP) is 2.33. The topological polar surface area (TPSA) is 84.3 Å². The van der Waals surface area contributed by atoms with Gasteiger partial charge in [0.15, 0.2) is 0 Å². The first-order valence-corrected chi connectivity index (χ1v) is 10.3. The third-order valence-electron chi connectivity index (χ3n) is 4.57. The molecule has 0 aliphatic rings. The standard InChI is InChI=1S/C19H28N4O3S/c1-7-17(16-10-8-13(2)9-11-16)20-18(24)12-23-15(4)19(14(3)21-23)27(25,26)22(5)6/h8-11,17H,7,12H2,1-6H3,(H,20,24). The maximum atomic E-state index is 12.5. The van der Waals surface area contributed by atoms with Crippen LogP contribution in [0.25, 0.3) is 0 Å². The molecule has 7 nitrogen and oxygen atoms in total. The van der Waals surface area contributed by atoms with Gasteiger partial charge in [-0.2, -0.15) is 5.10 Å². The molecule has 0 saturated carbocycles. The smallest absolute Gasteiger partial charge is 0.246 e. The zero-order chi connectivity index (χ0) is 20.4. The Hall–Kier alpha value is -2.19. The van der Waals surface area contributed by atoms with E-state index < -0.39 is 10.0 Å². The number of nitrogens with zero attached hydrogens (tertiary/aromatic N) is 3. The van der Waals surface area contributed by atoms with Gasteiger partial charge in [0, 0.05) is 14.1 Å². The Morgan fingerprint density at radius 2 is 1.78 bits per heavy atom. The molecule has 1 amide bonds. The maximum Gasteiger partial charge on any atom is 0.246 e. The molecule has 148 valence electrons. The lowest BCUT2D eigenvalue weighted by Gasteiger charge is -2.18. The van der Waals surface area contributed by atoms with Crippen LogP contribution in [0.4, 0.5) is 0 Å². The van der Waals surface area contributed by atoms with Crippen LogP contribution < -0.4 is 5.32 Å². The van der Waals surface area contributed by atoms with Gasteiger partial charge in [0.05, 0.1) is 17.4 Å². The highest BCUT2D eigenvalue weighted by Gasteiger charge is 2.27. The zero-order valence-corrected chi connectivity index (χ0v) is 17.6. The van der Waals surface area contributed by atoms with E-state index in [4.69, 9.17) is 0 Å². The molecule has 1 heterocycles. The van der Waals surface area contributed by atoms with E-state index in [9.17, 15) is 13.2 Å². The second kappa shape index (κ2) is 8.22. The number of rotatable bonds is 7. The fourth-order valence-electron chi connectivity index (χ4n) is 2.99. The van der Waals surface area contributed by atoms with Gasteiger partial charge in [-0.05, 0) is 32.8 Å². The number of benzene rings is 1. The van der Waals surface area contributed by atoms with E-state index >= 15 is 0 Å². The number of nitrogens with one attached hydrogen (secondary N) is 1. The minimum absolute atomic E-state index is 0.0298. The molecule has 2 rings (SSSR count). The molecule has 0 aliphatic heterocycles. The van der Waals surface area contributed by atoms with E-state index in [2.05, 4.69) is 10.4 Å². The molecule has 0 bridgehead atoms. The molecule has 1 aromatic carbocycles. The number of carbonyl (C=O) groups excluding carboxylic acids is 1. The molecule has 0 spiro atoms. The van der Waals surface area contributed by atoms with Gasteiger partial charge in [0.1, 0.15) is 11.4 Å². The van der Waals surface area contributed by atoms with Crippen LogP contribution in [-0.4, -0.2) is 42.5 Å². The van der Waals surface area contributed by atoms with Gasteiger partial charge >= 0.3 is 0 Å². The van der Waals surface area contributed by atoms with Crippen LogP contribution in [0, 0.1) is 20.8 Å². The Morgan fingerprint density at radius 3 is 2.30 bits per heavy atom. The molecular weight excluding hydrogens is 364 g/mol. The van der Waals surface area contributed by atoms with Gasteiger partial charge in [-0.25, -0.2) is 12.7 Å². The van der Waals surface area contributed by atoms with Crippen molar-refractivity contribution in [3.63, 3.8) is 0 Å². The second-order valence-electron chi connectivity index (χ2n) is 6.88. The largest absolute Gasteiger partial charge is 0.348 e. The van der Waals surface area contributed by atoms with E-state index in [1.54, 1.807) is 13.8 Å². The molecule has 0 fully saturated rings. The Balaban J connectivity index is 2.20. The van der Waals surface area contributed by atoms with Gasteiger partial charge in [-0.3, -0.25) is 9.48 Å². The van der Waals surface area contributed by atoms with Gasteiger partial charge in [0.25, 0.3) is 0 Å². The Bertz CT molecular complexity index is 915. The number of aryl methyl sites for hydroxylation is 2. The summed E-state index contributed by atoms with van der Waals surface area (Å²) in [5, 5.41) is 7.28. The highest BCUT2D eigenvalue weighted by atomic mass is 32.2. The van der Waals surface area contributed by atoms with Crippen LogP contribution >= 0.6 is 0 Å². The number of aromatic nitrogens is 2. The van der Waals surface area contributed by atoms with Crippen molar-refractivity contribution in [2.75, 3.05) is 14.1 Å². The molecule has 0 saturated heterocycles. The van der Waals surface area contributed by atoms with Crippen molar-refractivity contribution in [1.29, 1.82) is 0 Å². The summed E-state index contributed by atoms with van der Waals surface area (Å²) in [5.74, 6) is -0.207. The average Bonchev–Trinajstić information content (AvgIpc) is 2.87. The Morgan fingerprint density at radius 1 is 1.19 bits per heavy atom. The Kier molecular flexibility index (Phi) is 6.43. The number of hydrogen-bond acceptors (Lipinski definition) is 4. The van der Waals surface area contributed by atoms with Crippen LogP contribution in [0.2, 0.25) is 0 Å². The fraction of sp³-hybridized carbons (Fsp3) is 0.474. The highest BCUT2D eigenvalue weighted by molar-refractivity contribution is 7.89. The van der Waals surface area contributed by atoms with Crippen molar-refractivity contribution < 1.29 is 13.2 Å². The average molecular weight is 393 g/mol. The summed E-state index contributed by atoms with van der Waals surface area (Å²) < 4.78 is 27.6. The van der Waals surface area contributed by atoms with Crippen LogP contribution in [0.1, 0.15) is 41.9 Å². The molecule has 27 heavy (non-hydrogen) atoms. The molecule has 1 N–H and O–H groups in total. The molecule has 2 aromatic rings. The first kappa shape index (κ1) is 21.1. The lowest BCUT2D eigenvalue weighted by Crippen LogP contribution is -2.32. The quantitative estimate of drug-likeness (QED) is 0.784. The number of hydrogen-bond donors (Lipinski definition) is 1. The molecule has 0 radical (unpaired) electrons. The van der Waals surface area contributed by atoms with Crippen molar-refractivity contribution in [2.24, 2.45) is 0 Å². The SMILES string of the molecule is CCC(NC(=O)Cn1nc(C)c(S(=O)(=O)N(C)C)c1C)c1ccc(C)cc1. The molecular formula is C19H28N4O3S. The summed E-state index contributed by atoms with van der Waals surface area (Å²) in [6, 6.07) is 7.96. The first-order valence-electron chi connectivity index (χ1n) is 8.90. The molecule has 0 aliphatic carbocycles. The molecule has 8 heteroatoms. The monoisotopic (exact) mass is 392 g/mol. The van der Waals surface area contributed by atoms with E-state index in [-0.39, 0.29) is 23.4 Å². The van der Waals surface area contributed by atoms with Crippen molar-refractivity contribution in [1.82, 2.24) is 19.4 Å². The summed E-state index contributed by atoms with van der Waals surface area (Å²) in [6.45, 7) is 7.30. The van der Waals surface area contributed by atoms with E-state index in [0.29, 0.717) is 11.4 Å². The molecule has 1 atom stereocenters. The van der Waals surface area contributed by atoms with Gasteiger partial charge in [0.2, 0.25) is 15.9 Å². The first-order chi connectivity index (χ1) is 12.6. The van der Waals surface area contributed by atoms with Gasteiger partial charge < -0.3 is 5.32 Å². The summed E-state index contributed by atoms with van der Waals surface area (Å²) in [6.07, 6.45) is 0.756. The third-order valence-corrected chi connectivity index (χ3v) is 6.64. The highest BCUT2D eigenvalue weighted by Crippen LogP contribution is 2.22. The van der Waals surface area contributed by atoms with Crippen LogP contribution in [0.15, 0.2) is 29.2 Å².